The van der Waals surface area contributed by atoms with Gasteiger partial charge in [0.25, 0.3) is 0 Å². The third kappa shape index (κ3) is 4.98. The van der Waals surface area contributed by atoms with Gasteiger partial charge in [0.15, 0.2) is 10.7 Å². The first-order chi connectivity index (χ1) is 16.3. The van der Waals surface area contributed by atoms with Gasteiger partial charge in [-0.1, -0.05) is 59.8 Å². The number of sulfonamides is 1. The maximum atomic E-state index is 13.6. The highest BCUT2D eigenvalue weighted by Gasteiger charge is 2.37. The number of carbonyl (C=O) groups excluding carboxylic acids is 1. The van der Waals surface area contributed by atoms with Crippen LogP contribution in [-0.2, 0) is 14.8 Å². The molecule has 1 aliphatic rings. The predicted octanol–water partition coefficient (Wildman–Crippen LogP) is 4.81. The summed E-state index contributed by atoms with van der Waals surface area (Å²) in [4.78, 5) is 13.1. The summed E-state index contributed by atoms with van der Waals surface area (Å²) in [6.45, 7) is 5.97. The molecule has 1 N–H and O–H groups in total. The zero-order valence-electron chi connectivity index (χ0n) is 19.6. The molecule has 2 aromatic carbocycles. The minimum atomic E-state index is -3.89. The summed E-state index contributed by atoms with van der Waals surface area (Å²) in [6, 6.07) is 15.4. The number of anilines is 1. The second kappa shape index (κ2) is 9.95. The van der Waals surface area contributed by atoms with Crippen LogP contribution in [-0.4, -0.2) is 36.9 Å². The fourth-order valence-electron chi connectivity index (χ4n) is 4.28. The number of piperidine rings is 1. The van der Waals surface area contributed by atoms with Gasteiger partial charge >= 0.3 is 0 Å². The summed E-state index contributed by atoms with van der Waals surface area (Å²) in [6.07, 6.45) is 4.64. The summed E-state index contributed by atoms with van der Waals surface area (Å²) in [5, 5.41) is 6.92. The van der Waals surface area contributed by atoms with Gasteiger partial charge in [0.05, 0.1) is 5.92 Å². The van der Waals surface area contributed by atoms with E-state index in [1.165, 1.54) is 4.31 Å². The molecule has 1 atom stereocenters. The third-order valence-corrected chi connectivity index (χ3v) is 8.17. The predicted molar refractivity (Wildman–Crippen MR) is 133 cm³/mol. The standard InChI is InChI=1S/C26H29N3O4S/c1-18-9-7-10-19(2)24(18)27-26(30)22-13-8-16-29(17-22)34(31,32)25-20(3)28-33-23(25)15-14-21-11-5-4-6-12-21/h4-7,9-12,14-15,22H,8,13,16-17H2,1-3H3,(H,27,30)/b15-14+. The van der Waals surface area contributed by atoms with Crippen LogP contribution >= 0.6 is 0 Å². The van der Waals surface area contributed by atoms with Gasteiger partial charge in [-0.15, -0.1) is 0 Å². The second-order valence-electron chi connectivity index (χ2n) is 8.66. The lowest BCUT2D eigenvalue weighted by Gasteiger charge is -2.31. The van der Waals surface area contributed by atoms with Crippen LogP contribution in [0.25, 0.3) is 12.2 Å². The topological polar surface area (TPSA) is 92.5 Å². The van der Waals surface area contributed by atoms with Crippen molar-refractivity contribution in [3.63, 3.8) is 0 Å². The molecule has 2 heterocycles. The van der Waals surface area contributed by atoms with Gasteiger partial charge in [0.2, 0.25) is 15.9 Å². The molecule has 34 heavy (non-hydrogen) atoms. The van der Waals surface area contributed by atoms with Gasteiger partial charge in [-0.25, -0.2) is 8.42 Å². The van der Waals surface area contributed by atoms with Gasteiger partial charge in [0.1, 0.15) is 5.69 Å². The van der Waals surface area contributed by atoms with Crippen molar-refractivity contribution in [2.45, 2.75) is 38.5 Å². The SMILES string of the molecule is Cc1cccc(C)c1NC(=O)C1CCCN(S(=O)(=O)c2c(C)noc2/C=C/c2ccccc2)C1. The van der Waals surface area contributed by atoms with E-state index >= 15 is 0 Å². The van der Waals surface area contributed by atoms with Crippen LogP contribution in [0.1, 0.15) is 41.0 Å². The Labute approximate surface area is 200 Å². The highest BCUT2D eigenvalue weighted by Crippen LogP contribution is 2.30. The van der Waals surface area contributed by atoms with Crippen molar-refractivity contribution in [3.8, 4) is 0 Å². The van der Waals surface area contributed by atoms with Crippen molar-refractivity contribution < 1.29 is 17.7 Å². The molecule has 1 aromatic heterocycles. The van der Waals surface area contributed by atoms with Crippen molar-refractivity contribution in [1.29, 1.82) is 0 Å². The number of aryl methyl sites for hydroxylation is 3. The summed E-state index contributed by atoms with van der Waals surface area (Å²) in [5.74, 6) is -0.419. The normalized spacial score (nSPS) is 17.2. The number of rotatable bonds is 6. The molecule has 1 fully saturated rings. The molecule has 0 spiro atoms. The Balaban J connectivity index is 1.55. The van der Waals surface area contributed by atoms with Crippen molar-refractivity contribution in [1.82, 2.24) is 9.46 Å². The Morgan fingerprint density at radius 1 is 1.06 bits per heavy atom. The van der Waals surface area contributed by atoms with Crippen molar-refractivity contribution >= 4 is 33.8 Å². The molecule has 0 saturated carbocycles. The molecule has 0 radical (unpaired) electrons. The maximum absolute atomic E-state index is 13.6. The van der Waals surface area contributed by atoms with E-state index in [2.05, 4.69) is 10.5 Å². The Morgan fingerprint density at radius 2 is 1.76 bits per heavy atom. The van der Waals surface area contributed by atoms with E-state index in [1.54, 1.807) is 19.1 Å². The molecule has 4 rings (SSSR count). The van der Waals surface area contributed by atoms with E-state index in [1.807, 2.05) is 62.4 Å². The first-order valence-electron chi connectivity index (χ1n) is 11.3. The number of para-hydroxylation sites is 1. The minimum absolute atomic E-state index is 0.0514. The maximum Gasteiger partial charge on any atom is 0.248 e. The van der Waals surface area contributed by atoms with Crippen LogP contribution in [0, 0.1) is 26.7 Å². The van der Waals surface area contributed by atoms with Gasteiger partial charge in [0, 0.05) is 18.8 Å². The Bertz CT molecular complexity index is 1290. The van der Waals surface area contributed by atoms with Gasteiger partial charge < -0.3 is 9.84 Å². The average Bonchev–Trinajstić information content (AvgIpc) is 3.22. The number of aromatic nitrogens is 1. The smallest absolute Gasteiger partial charge is 0.248 e. The lowest BCUT2D eigenvalue weighted by molar-refractivity contribution is -0.120. The largest absolute Gasteiger partial charge is 0.355 e. The molecular weight excluding hydrogens is 450 g/mol. The lowest BCUT2D eigenvalue weighted by atomic mass is 9.98. The summed E-state index contributed by atoms with van der Waals surface area (Å²) in [7, 11) is -3.89. The molecule has 0 aliphatic carbocycles. The highest BCUT2D eigenvalue weighted by molar-refractivity contribution is 7.89. The number of benzene rings is 2. The quantitative estimate of drug-likeness (QED) is 0.548. The molecular formula is C26H29N3O4S. The number of hydrogen-bond acceptors (Lipinski definition) is 5. The zero-order valence-corrected chi connectivity index (χ0v) is 20.4. The molecule has 1 amide bonds. The fraction of sp³-hybridized carbons (Fsp3) is 0.308. The van der Waals surface area contributed by atoms with Crippen LogP contribution in [0.2, 0.25) is 0 Å². The summed E-state index contributed by atoms with van der Waals surface area (Å²) >= 11 is 0. The monoisotopic (exact) mass is 479 g/mol. The first-order valence-corrected chi connectivity index (χ1v) is 12.8. The van der Waals surface area contributed by atoms with Gasteiger partial charge in [-0.05, 0) is 56.4 Å². The van der Waals surface area contributed by atoms with E-state index in [-0.39, 0.29) is 23.1 Å². The van der Waals surface area contributed by atoms with E-state index in [4.69, 9.17) is 4.52 Å². The average molecular weight is 480 g/mol. The zero-order chi connectivity index (χ0) is 24.3. The van der Waals surface area contributed by atoms with Crippen LogP contribution in [0.3, 0.4) is 0 Å². The van der Waals surface area contributed by atoms with Crippen LogP contribution in [0.4, 0.5) is 5.69 Å². The highest BCUT2D eigenvalue weighted by atomic mass is 32.2. The molecule has 7 nitrogen and oxygen atoms in total. The molecule has 1 saturated heterocycles. The van der Waals surface area contributed by atoms with E-state index in [0.717, 1.165) is 22.4 Å². The molecule has 8 heteroatoms. The molecule has 3 aromatic rings. The minimum Gasteiger partial charge on any atom is -0.355 e. The first kappa shape index (κ1) is 23.9. The number of nitrogens with zero attached hydrogens (tertiary/aromatic N) is 2. The van der Waals surface area contributed by atoms with E-state index in [0.29, 0.717) is 25.1 Å². The molecule has 1 aliphatic heterocycles. The van der Waals surface area contributed by atoms with Crippen LogP contribution in [0.15, 0.2) is 57.9 Å². The fourth-order valence-corrected chi connectivity index (χ4v) is 6.05. The number of amides is 1. The molecule has 0 bridgehead atoms. The van der Waals surface area contributed by atoms with Crippen LogP contribution in [0.5, 0.6) is 0 Å². The lowest BCUT2D eigenvalue weighted by Crippen LogP contribution is -2.44. The summed E-state index contributed by atoms with van der Waals surface area (Å²) in [5.41, 5.74) is 3.96. The van der Waals surface area contributed by atoms with Crippen molar-refractivity contribution in [2.24, 2.45) is 5.92 Å². The van der Waals surface area contributed by atoms with E-state index in [9.17, 15) is 13.2 Å². The Kier molecular flexibility index (Phi) is 7.00. The molecule has 1 unspecified atom stereocenters. The van der Waals surface area contributed by atoms with Gasteiger partial charge in [-0.2, -0.15) is 4.31 Å². The number of carbonyl (C=O) groups is 1. The van der Waals surface area contributed by atoms with E-state index < -0.39 is 15.9 Å². The van der Waals surface area contributed by atoms with Gasteiger partial charge in [-0.3, -0.25) is 4.79 Å². The number of hydrogen-bond donors (Lipinski definition) is 1. The van der Waals surface area contributed by atoms with Crippen molar-refractivity contribution in [2.75, 3.05) is 18.4 Å². The van der Waals surface area contributed by atoms with Crippen molar-refractivity contribution in [3.05, 3.63) is 76.7 Å². The second-order valence-corrected chi connectivity index (χ2v) is 10.5. The molecule has 178 valence electrons. The summed E-state index contributed by atoms with van der Waals surface area (Å²) < 4.78 is 33.9. The Morgan fingerprint density at radius 3 is 2.47 bits per heavy atom. The Hall–Kier alpha value is -3.23. The third-order valence-electron chi connectivity index (χ3n) is 6.14. The number of nitrogens with one attached hydrogen (secondary N) is 1. The van der Waals surface area contributed by atoms with Crippen LogP contribution < -0.4 is 5.32 Å².